The van der Waals surface area contributed by atoms with Crippen LogP contribution in [0.3, 0.4) is 0 Å². The van der Waals surface area contributed by atoms with Crippen molar-refractivity contribution in [2.75, 3.05) is 0 Å². The maximum atomic E-state index is 13.1. The molecule has 0 saturated heterocycles. The summed E-state index contributed by atoms with van der Waals surface area (Å²) >= 11 is 0. The number of amides is 1. The van der Waals surface area contributed by atoms with Crippen molar-refractivity contribution in [2.45, 2.75) is 31.2 Å². The molecule has 0 aromatic heterocycles. The molecule has 0 radical (unpaired) electrons. The number of hydrogen-bond acceptors (Lipinski definition) is 2. The molecule has 1 saturated carbocycles. The van der Waals surface area contributed by atoms with Gasteiger partial charge in [0.15, 0.2) is 0 Å². The minimum atomic E-state index is -4.45. The van der Waals surface area contributed by atoms with E-state index in [0.29, 0.717) is 5.56 Å². The summed E-state index contributed by atoms with van der Waals surface area (Å²) in [5, 5.41) is 2.79. The Bertz CT molecular complexity index is 737. The monoisotopic (exact) mass is 353 g/mol. The number of hydrogen-bond donors (Lipinski definition) is 1. The Balaban J connectivity index is 1.81. The first kappa shape index (κ1) is 17.3. The molecule has 2 aromatic carbocycles. The van der Waals surface area contributed by atoms with E-state index in [2.05, 4.69) is 5.32 Å². The van der Waals surface area contributed by atoms with E-state index in [1.54, 1.807) is 0 Å². The van der Waals surface area contributed by atoms with Gasteiger partial charge in [-0.05, 0) is 49.2 Å². The summed E-state index contributed by atoms with van der Waals surface area (Å²) in [6, 6.07) is 9.39. The largest absolute Gasteiger partial charge is 0.476 e. The van der Waals surface area contributed by atoms with E-state index in [9.17, 15) is 22.4 Å². The molecule has 3 rings (SSSR count). The van der Waals surface area contributed by atoms with Crippen molar-refractivity contribution in [3.05, 3.63) is 65.5 Å². The van der Waals surface area contributed by atoms with Crippen molar-refractivity contribution in [3.63, 3.8) is 0 Å². The maximum absolute atomic E-state index is 13.1. The predicted molar refractivity (Wildman–Crippen MR) is 82.4 cm³/mol. The molecule has 132 valence electrons. The summed E-state index contributed by atoms with van der Waals surface area (Å²) in [5.74, 6) is -0.748. The highest BCUT2D eigenvalue weighted by molar-refractivity contribution is 5.83. The maximum Gasteiger partial charge on any atom is 0.416 e. The van der Waals surface area contributed by atoms with Crippen LogP contribution in [0.2, 0.25) is 0 Å². The Morgan fingerprint density at radius 2 is 1.64 bits per heavy atom. The van der Waals surface area contributed by atoms with Crippen LogP contribution >= 0.6 is 0 Å². The van der Waals surface area contributed by atoms with E-state index >= 15 is 0 Å². The van der Waals surface area contributed by atoms with E-state index in [4.69, 9.17) is 4.74 Å². The lowest BCUT2D eigenvalue weighted by Crippen LogP contribution is -2.33. The van der Waals surface area contributed by atoms with E-state index in [1.807, 2.05) is 0 Å². The number of alkyl halides is 3. The molecule has 2 aromatic rings. The summed E-state index contributed by atoms with van der Waals surface area (Å²) < 4.78 is 56.6. The molecule has 1 aliphatic carbocycles. The molecule has 7 heteroatoms. The first-order valence-corrected chi connectivity index (χ1v) is 7.73. The standard InChI is InChI=1S/C18H15F4NO2/c19-13-5-1-11(2-6-13)16(17(24)23-14-7-8-14)25-15-9-3-12(4-10-15)18(20,21)22/h1-6,9-10,14,16H,7-8H2,(H,23,24)/t16-/m0/s1. The second-order valence-electron chi connectivity index (χ2n) is 5.85. The van der Waals surface area contributed by atoms with Crippen LogP contribution in [0.1, 0.15) is 30.1 Å². The molecule has 0 bridgehead atoms. The smallest absolute Gasteiger partial charge is 0.416 e. The first-order chi connectivity index (χ1) is 11.8. The second-order valence-corrected chi connectivity index (χ2v) is 5.85. The van der Waals surface area contributed by atoms with Crippen molar-refractivity contribution in [2.24, 2.45) is 0 Å². The van der Waals surface area contributed by atoms with Crippen molar-refractivity contribution in [1.29, 1.82) is 0 Å². The molecule has 0 spiro atoms. The molecule has 3 nitrogen and oxygen atoms in total. The third kappa shape index (κ3) is 4.49. The second kappa shape index (κ2) is 6.74. The summed E-state index contributed by atoms with van der Waals surface area (Å²) in [7, 11) is 0. The highest BCUT2D eigenvalue weighted by Crippen LogP contribution is 2.31. The zero-order valence-corrected chi connectivity index (χ0v) is 13.0. The summed E-state index contributed by atoms with van der Waals surface area (Å²) in [5.41, 5.74) is -0.389. The quantitative estimate of drug-likeness (QED) is 0.817. The van der Waals surface area contributed by atoms with Crippen molar-refractivity contribution < 1.29 is 27.1 Å². The molecule has 0 unspecified atom stereocenters. The van der Waals surface area contributed by atoms with Crippen molar-refractivity contribution >= 4 is 5.91 Å². The average molecular weight is 353 g/mol. The zero-order chi connectivity index (χ0) is 18.0. The fraction of sp³-hybridized carbons (Fsp3) is 0.278. The van der Waals surface area contributed by atoms with E-state index in [1.165, 1.54) is 24.3 Å². The van der Waals surface area contributed by atoms with Crippen molar-refractivity contribution in [1.82, 2.24) is 5.32 Å². The SMILES string of the molecule is O=C(NC1CC1)[C@@H](Oc1ccc(C(F)(F)F)cc1)c1ccc(F)cc1. The molecular formula is C18H15F4NO2. The molecule has 1 aliphatic rings. The Kier molecular flexibility index (Phi) is 4.65. The number of halogens is 4. The Hall–Kier alpha value is -2.57. The number of carbonyl (C=O) groups excluding carboxylic acids is 1. The highest BCUT2D eigenvalue weighted by Gasteiger charge is 2.31. The Labute approximate surface area is 141 Å². The highest BCUT2D eigenvalue weighted by atomic mass is 19.4. The number of carbonyl (C=O) groups is 1. The molecule has 0 heterocycles. The van der Waals surface area contributed by atoms with Crippen LogP contribution in [0.4, 0.5) is 17.6 Å². The number of benzene rings is 2. The lowest BCUT2D eigenvalue weighted by molar-refractivity contribution is -0.137. The molecule has 1 amide bonds. The van der Waals surface area contributed by atoms with E-state index in [-0.39, 0.29) is 11.8 Å². The number of ether oxygens (including phenoxy) is 1. The molecule has 25 heavy (non-hydrogen) atoms. The molecule has 1 atom stereocenters. The number of rotatable bonds is 5. The van der Waals surface area contributed by atoms with Crippen LogP contribution in [0, 0.1) is 5.82 Å². The summed E-state index contributed by atoms with van der Waals surface area (Å²) in [4.78, 5) is 12.4. The van der Waals surface area contributed by atoms with Gasteiger partial charge < -0.3 is 10.1 Å². The fourth-order valence-corrected chi connectivity index (χ4v) is 2.27. The van der Waals surface area contributed by atoms with Crippen LogP contribution in [0.15, 0.2) is 48.5 Å². The van der Waals surface area contributed by atoms with Gasteiger partial charge in [-0.1, -0.05) is 12.1 Å². The van der Waals surface area contributed by atoms with Gasteiger partial charge >= 0.3 is 6.18 Å². The van der Waals surface area contributed by atoms with Gasteiger partial charge in [-0.25, -0.2) is 4.39 Å². The van der Waals surface area contributed by atoms with Gasteiger partial charge in [0.1, 0.15) is 11.6 Å². The predicted octanol–water partition coefficient (Wildman–Crippen LogP) is 4.24. The third-order valence-electron chi connectivity index (χ3n) is 3.77. The number of nitrogens with one attached hydrogen (secondary N) is 1. The zero-order valence-electron chi connectivity index (χ0n) is 13.0. The van der Waals surface area contributed by atoms with Gasteiger partial charge in [0, 0.05) is 11.6 Å². The lowest BCUT2D eigenvalue weighted by Gasteiger charge is -2.19. The summed E-state index contributed by atoms with van der Waals surface area (Å²) in [6.45, 7) is 0. The average Bonchev–Trinajstić information content (AvgIpc) is 3.37. The first-order valence-electron chi connectivity index (χ1n) is 7.73. The third-order valence-corrected chi connectivity index (χ3v) is 3.77. The lowest BCUT2D eigenvalue weighted by atomic mass is 10.1. The van der Waals surface area contributed by atoms with Gasteiger partial charge in [-0.15, -0.1) is 0 Å². The molecule has 0 aliphatic heterocycles. The molecule has 1 N–H and O–H groups in total. The summed E-state index contributed by atoms with van der Waals surface area (Å²) in [6.07, 6.45) is -3.76. The van der Waals surface area contributed by atoms with Crippen molar-refractivity contribution in [3.8, 4) is 5.75 Å². The van der Waals surface area contributed by atoms with Gasteiger partial charge in [0.2, 0.25) is 6.10 Å². The Morgan fingerprint density at radius 1 is 1.04 bits per heavy atom. The molecule has 1 fully saturated rings. The molecular weight excluding hydrogens is 338 g/mol. The minimum absolute atomic E-state index is 0.0895. The van der Waals surface area contributed by atoms with Gasteiger partial charge in [-0.3, -0.25) is 4.79 Å². The minimum Gasteiger partial charge on any atom is -0.476 e. The fourth-order valence-electron chi connectivity index (χ4n) is 2.27. The van der Waals surface area contributed by atoms with Crippen LogP contribution in [-0.4, -0.2) is 11.9 Å². The van der Waals surface area contributed by atoms with Gasteiger partial charge in [-0.2, -0.15) is 13.2 Å². The van der Waals surface area contributed by atoms with Gasteiger partial charge in [0.05, 0.1) is 5.56 Å². The van der Waals surface area contributed by atoms with Crippen LogP contribution in [-0.2, 0) is 11.0 Å². The van der Waals surface area contributed by atoms with Gasteiger partial charge in [0.25, 0.3) is 5.91 Å². The topological polar surface area (TPSA) is 38.3 Å². The van der Waals surface area contributed by atoms with E-state index < -0.39 is 29.6 Å². The van der Waals surface area contributed by atoms with Crippen LogP contribution < -0.4 is 10.1 Å². The van der Waals surface area contributed by atoms with E-state index in [0.717, 1.165) is 37.1 Å². The van der Waals surface area contributed by atoms with Crippen LogP contribution in [0.5, 0.6) is 5.75 Å². The Morgan fingerprint density at radius 3 is 2.16 bits per heavy atom. The van der Waals surface area contributed by atoms with Crippen LogP contribution in [0.25, 0.3) is 0 Å². The normalized spacial score (nSPS) is 15.5.